The van der Waals surface area contributed by atoms with Crippen LogP contribution in [0, 0.1) is 0 Å². The van der Waals surface area contributed by atoms with Gasteiger partial charge in [-0.25, -0.2) is 9.97 Å². The first-order chi connectivity index (χ1) is 11.5. The zero-order chi connectivity index (χ0) is 17.1. The number of benzene rings is 1. The minimum atomic E-state index is -0.0996. The number of thiophene rings is 1. The van der Waals surface area contributed by atoms with Crippen LogP contribution in [0.3, 0.4) is 0 Å². The molecule has 1 aromatic carbocycles. The summed E-state index contributed by atoms with van der Waals surface area (Å²) in [4.78, 5) is 24.3. The molecule has 1 amide bonds. The van der Waals surface area contributed by atoms with E-state index in [0.717, 1.165) is 28.0 Å². The Labute approximate surface area is 144 Å². The van der Waals surface area contributed by atoms with E-state index in [4.69, 9.17) is 5.73 Å². The number of hydrogen-bond donors (Lipinski definition) is 2. The highest BCUT2D eigenvalue weighted by Gasteiger charge is 2.16. The molecule has 0 bridgehead atoms. The first-order valence-electron chi connectivity index (χ1n) is 7.60. The first-order valence-corrected chi connectivity index (χ1v) is 8.41. The lowest BCUT2D eigenvalue weighted by atomic mass is 10.1. The molecular formula is C17H19N5OS. The summed E-state index contributed by atoms with van der Waals surface area (Å²) in [5, 5.41) is 3.76. The predicted molar refractivity (Wildman–Crippen MR) is 98.2 cm³/mol. The number of carbonyl (C=O) groups is 1. The van der Waals surface area contributed by atoms with Crippen LogP contribution in [0.1, 0.15) is 9.67 Å². The van der Waals surface area contributed by atoms with Crippen LogP contribution < -0.4 is 11.1 Å². The maximum atomic E-state index is 12.3. The number of likely N-dealkylation sites (N-methyl/N-ethyl adjacent to an activating group) is 1. The van der Waals surface area contributed by atoms with Crippen molar-refractivity contribution in [3.63, 3.8) is 0 Å². The monoisotopic (exact) mass is 341 g/mol. The van der Waals surface area contributed by atoms with Gasteiger partial charge in [0.05, 0.1) is 10.6 Å². The lowest BCUT2D eigenvalue weighted by Crippen LogP contribution is -2.30. The van der Waals surface area contributed by atoms with E-state index in [1.807, 2.05) is 55.4 Å². The highest BCUT2D eigenvalue weighted by atomic mass is 32.1. The normalized spacial score (nSPS) is 11.1. The van der Waals surface area contributed by atoms with E-state index in [0.29, 0.717) is 11.4 Å². The Hall–Kier alpha value is -2.51. The largest absolute Gasteiger partial charge is 0.368 e. The van der Waals surface area contributed by atoms with Crippen molar-refractivity contribution in [3.8, 4) is 11.3 Å². The fourth-order valence-electron chi connectivity index (χ4n) is 2.35. The molecule has 6 nitrogen and oxygen atoms in total. The Kier molecular flexibility index (Phi) is 4.73. The van der Waals surface area contributed by atoms with E-state index in [-0.39, 0.29) is 11.9 Å². The zero-order valence-electron chi connectivity index (χ0n) is 13.6. The van der Waals surface area contributed by atoms with E-state index in [9.17, 15) is 4.79 Å². The maximum Gasteiger partial charge on any atom is 0.261 e. The van der Waals surface area contributed by atoms with Crippen LogP contribution in [0.4, 0.5) is 5.95 Å². The van der Waals surface area contributed by atoms with Crippen molar-refractivity contribution >= 4 is 33.4 Å². The Morgan fingerprint density at radius 2 is 2.00 bits per heavy atom. The fourth-order valence-corrected chi connectivity index (χ4v) is 3.30. The molecule has 0 saturated heterocycles. The van der Waals surface area contributed by atoms with Crippen molar-refractivity contribution in [2.75, 3.05) is 32.9 Å². The van der Waals surface area contributed by atoms with Gasteiger partial charge in [-0.2, -0.15) is 0 Å². The van der Waals surface area contributed by atoms with E-state index in [2.05, 4.69) is 15.3 Å². The molecule has 2 heterocycles. The van der Waals surface area contributed by atoms with Gasteiger partial charge in [-0.3, -0.25) is 4.79 Å². The highest BCUT2D eigenvalue weighted by Crippen LogP contribution is 2.32. The van der Waals surface area contributed by atoms with Crippen LogP contribution >= 0.6 is 11.3 Å². The van der Waals surface area contributed by atoms with Gasteiger partial charge in [-0.1, -0.05) is 30.3 Å². The number of nitrogen functional groups attached to an aromatic ring is 1. The summed E-state index contributed by atoms with van der Waals surface area (Å²) in [7, 11) is 3.94. The van der Waals surface area contributed by atoms with Crippen LogP contribution in [-0.4, -0.2) is 48.0 Å². The lowest BCUT2D eigenvalue weighted by Gasteiger charge is -2.09. The third-order valence-electron chi connectivity index (χ3n) is 3.53. The summed E-state index contributed by atoms with van der Waals surface area (Å²) >= 11 is 1.33. The number of aromatic nitrogens is 2. The van der Waals surface area contributed by atoms with Crippen molar-refractivity contribution in [2.24, 2.45) is 0 Å². The number of carbonyl (C=O) groups excluding carboxylic acids is 1. The molecule has 2 aromatic heterocycles. The average molecular weight is 341 g/mol. The van der Waals surface area contributed by atoms with E-state index < -0.39 is 0 Å². The molecule has 0 radical (unpaired) electrons. The van der Waals surface area contributed by atoms with Gasteiger partial charge in [0, 0.05) is 24.0 Å². The molecule has 0 aliphatic rings. The minimum absolute atomic E-state index is 0.0996. The maximum absolute atomic E-state index is 12.3. The van der Waals surface area contributed by atoms with Crippen molar-refractivity contribution in [1.82, 2.24) is 20.2 Å². The van der Waals surface area contributed by atoms with Crippen LogP contribution in [-0.2, 0) is 0 Å². The van der Waals surface area contributed by atoms with E-state index >= 15 is 0 Å². The van der Waals surface area contributed by atoms with Crippen LogP contribution in [0.2, 0.25) is 0 Å². The number of nitrogens with two attached hydrogens (primary N) is 1. The quantitative estimate of drug-likeness (QED) is 0.743. The molecule has 3 N–H and O–H groups in total. The fraction of sp³-hybridized carbons (Fsp3) is 0.235. The third kappa shape index (κ3) is 3.52. The molecule has 24 heavy (non-hydrogen) atoms. The van der Waals surface area contributed by atoms with Crippen molar-refractivity contribution in [3.05, 3.63) is 41.3 Å². The van der Waals surface area contributed by atoms with Crippen LogP contribution in [0.15, 0.2) is 36.4 Å². The molecule has 0 aliphatic heterocycles. The second-order valence-corrected chi connectivity index (χ2v) is 6.72. The second kappa shape index (κ2) is 6.94. The van der Waals surface area contributed by atoms with Gasteiger partial charge >= 0.3 is 0 Å². The van der Waals surface area contributed by atoms with Crippen molar-refractivity contribution < 1.29 is 4.79 Å². The molecule has 0 aliphatic carbocycles. The van der Waals surface area contributed by atoms with Crippen LogP contribution in [0.5, 0.6) is 0 Å². The molecule has 124 valence electrons. The number of fused-ring (bicyclic) bond motifs is 1. The molecule has 3 rings (SSSR count). The van der Waals surface area contributed by atoms with Gasteiger partial charge in [0.15, 0.2) is 0 Å². The molecule has 0 atom stereocenters. The Morgan fingerprint density at radius 3 is 2.71 bits per heavy atom. The minimum Gasteiger partial charge on any atom is -0.368 e. The SMILES string of the molecule is CN(C)CCNC(=O)c1cc2c(-c3ccccc3)nc(N)nc2s1. The van der Waals surface area contributed by atoms with Gasteiger partial charge < -0.3 is 16.0 Å². The molecular weight excluding hydrogens is 322 g/mol. The Balaban J connectivity index is 1.95. The Bertz CT molecular complexity index is 860. The van der Waals surface area contributed by atoms with Gasteiger partial charge in [0.1, 0.15) is 4.83 Å². The van der Waals surface area contributed by atoms with Gasteiger partial charge in [-0.15, -0.1) is 11.3 Å². The number of hydrogen-bond acceptors (Lipinski definition) is 6. The average Bonchev–Trinajstić information content (AvgIpc) is 2.98. The summed E-state index contributed by atoms with van der Waals surface area (Å²) < 4.78 is 0. The van der Waals surface area contributed by atoms with E-state index in [1.54, 1.807) is 0 Å². The summed E-state index contributed by atoms with van der Waals surface area (Å²) in [5.74, 6) is 0.111. The number of anilines is 1. The second-order valence-electron chi connectivity index (χ2n) is 5.69. The van der Waals surface area contributed by atoms with Gasteiger partial charge in [-0.05, 0) is 20.2 Å². The van der Waals surface area contributed by atoms with Gasteiger partial charge in [0.2, 0.25) is 5.95 Å². The first kappa shape index (κ1) is 16.4. The van der Waals surface area contributed by atoms with Gasteiger partial charge in [0.25, 0.3) is 5.91 Å². The molecule has 7 heteroatoms. The zero-order valence-corrected chi connectivity index (χ0v) is 14.4. The number of nitrogens with zero attached hydrogens (tertiary/aromatic N) is 3. The summed E-state index contributed by atoms with van der Waals surface area (Å²) in [6.45, 7) is 1.39. The Morgan fingerprint density at radius 1 is 1.25 bits per heavy atom. The van der Waals surface area contributed by atoms with E-state index in [1.165, 1.54) is 11.3 Å². The summed E-state index contributed by atoms with van der Waals surface area (Å²) in [6.07, 6.45) is 0. The molecule has 0 spiro atoms. The summed E-state index contributed by atoms with van der Waals surface area (Å²) in [5.41, 5.74) is 7.54. The lowest BCUT2D eigenvalue weighted by molar-refractivity contribution is 0.0955. The number of nitrogens with one attached hydrogen (secondary N) is 1. The van der Waals surface area contributed by atoms with Crippen molar-refractivity contribution in [1.29, 1.82) is 0 Å². The summed E-state index contributed by atoms with van der Waals surface area (Å²) in [6, 6.07) is 11.6. The standard InChI is InChI=1S/C17H19N5OS/c1-22(2)9-8-19-15(23)13-10-12-14(11-6-4-3-5-7-11)20-17(18)21-16(12)24-13/h3-7,10H,8-9H2,1-2H3,(H,19,23)(H2,18,20,21). The molecule has 0 fully saturated rings. The molecule has 3 aromatic rings. The molecule has 0 saturated carbocycles. The highest BCUT2D eigenvalue weighted by molar-refractivity contribution is 7.20. The smallest absolute Gasteiger partial charge is 0.261 e. The predicted octanol–water partition coefficient (Wildman–Crippen LogP) is 2.23. The topological polar surface area (TPSA) is 84.1 Å². The third-order valence-corrected chi connectivity index (χ3v) is 4.55. The van der Waals surface area contributed by atoms with Crippen LogP contribution in [0.25, 0.3) is 21.5 Å². The van der Waals surface area contributed by atoms with Crippen molar-refractivity contribution in [2.45, 2.75) is 0 Å². The number of rotatable bonds is 5. The molecule has 0 unspecified atom stereocenters. The number of amides is 1.